The van der Waals surface area contributed by atoms with E-state index in [2.05, 4.69) is 116 Å². The molecule has 4 N–H and O–H groups in total. The third kappa shape index (κ3) is 27.8. The third-order valence-electron chi connectivity index (χ3n) is 10.0. The number of pyridine rings is 5. The number of carboxylic acid groups (broad SMARTS) is 1. The lowest BCUT2D eigenvalue weighted by molar-refractivity contribution is -0.606. The molecule has 3 aliphatic rings. The zero-order valence-electron chi connectivity index (χ0n) is 42.9. The summed E-state index contributed by atoms with van der Waals surface area (Å²) in [6.45, 7) is 11.1. The van der Waals surface area contributed by atoms with Crippen LogP contribution >= 0.6 is 79.6 Å². The minimum Gasteiger partial charge on any atom is -0.619 e. The lowest BCUT2D eigenvalue weighted by atomic mass is 9.80. The average molecular weight is 1420 g/mol. The number of aliphatic carboxylic acids is 1. The largest absolute Gasteiger partial charge is 0.619 e. The second-order valence-electron chi connectivity index (χ2n) is 16.9. The van der Waals surface area contributed by atoms with Crippen LogP contribution < -0.4 is 26.1 Å². The monoisotopic (exact) mass is 1410 g/mol. The van der Waals surface area contributed by atoms with E-state index in [4.69, 9.17) is 23.9 Å². The number of cyclic esters (lactones) is 2. The predicted molar refractivity (Wildman–Crippen MR) is 322 cm³/mol. The van der Waals surface area contributed by atoms with E-state index in [0.717, 1.165) is 44.0 Å². The van der Waals surface area contributed by atoms with E-state index in [1.165, 1.54) is 26.2 Å². The van der Waals surface area contributed by atoms with Gasteiger partial charge >= 0.3 is 25.0 Å². The standard InChI is InChI=1S/C14H21BN2O3.C11H10BrNO4.C8H9BrN2O.C7H6BrNO2.C5H4BrNO.C5H4BrN.2CH4.B.FH.H2/c1-13(2)14(3,4)20-15(19-13)10-6-7-11(17-9-10)8-12(18)16-5;1-11(2)16-9(14)8(10(15)17-11)7-4-3-6(12)5-13-7;1-10-8(12)4-7-3-2-6(9)5-11-7;8-5-1-2-6(9-4-5)3-7(10)11;6-5-2-1-3-7(8)4-5;6-5-2-1-3-7-4-5;;;;;/h6-7,9H,8H2,1-5H3,(H,16,18);3-5,13H,1-2H3;2-3,5H,4H2,1H3,(H,10,12);1-2,4H,3H2,(H,10,11);1-4H;1-4H;2*1H4;;2*1H/i;;;;;;;;;;1+1. The Hall–Kier alpha value is -5.70. The Morgan fingerprint density at radius 1 is 0.696 bits per heavy atom. The van der Waals surface area contributed by atoms with Crippen molar-refractivity contribution in [3.63, 3.8) is 0 Å². The molecule has 8 heterocycles. The molecule has 3 radical (unpaired) electrons. The van der Waals surface area contributed by atoms with E-state index in [0.29, 0.717) is 17.8 Å². The van der Waals surface area contributed by atoms with Crippen LogP contribution in [0.4, 0.5) is 4.70 Å². The number of aromatic nitrogens is 5. The number of rotatable bonds is 7. The molecule has 27 heteroatoms. The molecule has 0 bridgehead atoms. The van der Waals surface area contributed by atoms with Crippen LogP contribution in [0.5, 0.6) is 0 Å². The summed E-state index contributed by atoms with van der Waals surface area (Å²) in [5.74, 6) is -3.53. The minimum absolute atomic E-state index is 0. The number of esters is 2. The van der Waals surface area contributed by atoms with Crippen molar-refractivity contribution in [2.75, 3.05) is 14.1 Å². The molecular formula is C52H65B2Br5FN8O11. The molecule has 0 unspecified atom stereocenters. The molecule has 0 aromatic carbocycles. The zero-order valence-corrected chi connectivity index (χ0v) is 50.8. The van der Waals surface area contributed by atoms with Gasteiger partial charge in [0, 0.05) is 116 Å². The fraction of sp³-hybridized carbons (Fsp3) is 0.308. The van der Waals surface area contributed by atoms with Gasteiger partial charge in [0.2, 0.25) is 11.8 Å². The van der Waals surface area contributed by atoms with Crippen LogP contribution in [0.3, 0.4) is 0 Å². The Labute approximate surface area is 506 Å². The van der Waals surface area contributed by atoms with Crippen LogP contribution in [-0.2, 0) is 62.0 Å². The van der Waals surface area contributed by atoms with Crippen LogP contribution in [0.2, 0.25) is 0 Å². The molecule has 5 aromatic heterocycles. The molecular weight excluding hydrogens is 1350 g/mol. The van der Waals surface area contributed by atoms with Crippen molar-refractivity contribution in [3.05, 3.63) is 178 Å². The van der Waals surface area contributed by atoms with Gasteiger partial charge in [0.05, 0.1) is 46.3 Å². The molecule has 2 fully saturated rings. The zero-order chi connectivity index (χ0) is 55.9. The summed E-state index contributed by atoms with van der Waals surface area (Å²) in [7, 11) is 2.81. The van der Waals surface area contributed by atoms with E-state index < -0.39 is 30.8 Å². The Balaban J connectivity index is -0.000000908. The smallest absolute Gasteiger partial charge is 0.496 e. The van der Waals surface area contributed by atoms with Crippen LogP contribution in [0, 0.1) is 5.21 Å². The highest BCUT2D eigenvalue weighted by atomic mass is 79.9. The fourth-order valence-corrected chi connectivity index (χ4v) is 6.89. The number of hydrogen-bond donors (Lipinski definition) is 4. The van der Waals surface area contributed by atoms with Crippen molar-refractivity contribution in [1.82, 2.24) is 35.9 Å². The SMILES string of the molecule is Brc1cccnc1.C.C.CC1(C)OC(=O)C(=C2C=CC(Br)=CN2)C(=O)O1.CNC(=O)Cc1ccc(B2OC(C)(C)C(C)(C)O2)cn1.CNC(=O)Cc1ccc(Br)cn1.F.O=C(O)Cc1ccc(Br)cn1.[2HH].[B].[O-][n+]1cccc(Br)c1. The van der Waals surface area contributed by atoms with E-state index in [1.54, 1.807) is 87.7 Å². The summed E-state index contributed by atoms with van der Waals surface area (Å²) in [4.78, 5) is 71.9. The predicted octanol–water partition coefficient (Wildman–Crippen LogP) is 8.96. The average Bonchev–Trinajstić information content (AvgIpc) is 3.57. The van der Waals surface area contributed by atoms with Crippen LogP contribution in [0.1, 0.15) is 74.9 Å². The summed E-state index contributed by atoms with van der Waals surface area (Å²) in [6, 6.07) is 18.2. The van der Waals surface area contributed by atoms with Crippen LogP contribution in [-0.4, -0.2) is 101 Å². The third-order valence-corrected chi connectivity index (χ3v) is 12.4. The number of carboxylic acids is 1. The summed E-state index contributed by atoms with van der Waals surface area (Å²) < 4.78 is 27.0. The van der Waals surface area contributed by atoms with Gasteiger partial charge in [-0.05, 0) is 168 Å². The lowest BCUT2D eigenvalue weighted by Gasteiger charge is -2.32. The number of ether oxygens (including phenoxy) is 2. The topological polar surface area (TPSA) is 257 Å². The van der Waals surface area contributed by atoms with Gasteiger partial charge in [-0.25, -0.2) is 9.59 Å². The van der Waals surface area contributed by atoms with E-state index >= 15 is 0 Å². The van der Waals surface area contributed by atoms with E-state index in [1.807, 2.05) is 64.1 Å². The van der Waals surface area contributed by atoms with Gasteiger partial charge in [0.25, 0.3) is 5.79 Å². The first kappa shape index (κ1) is 75.4. The molecule has 19 nitrogen and oxygen atoms in total. The molecule has 0 spiro atoms. The van der Waals surface area contributed by atoms with Crippen LogP contribution in [0.25, 0.3) is 0 Å². The summed E-state index contributed by atoms with van der Waals surface area (Å²) in [5, 5.41) is 26.7. The van der Waals surface area contributed by atoms with Gasteiger partial charge in [0.1, 0.15) is 0 Å². The Bertz CT molecular complexity index is 2770. The molecule has 2 amide bonds. The highest BCUT2D eigenvalue weighted by Crippen LogP contribution is 2.36. The minimum atomic E-state index is -1.22. The molecule has 79 heavy (non-hydrogen) atoms. The molecule has 0 atom stereocenters. The van der Waals surface area contributed by atoms with Crippen molar-refractivity contribution in [2.24, 2.45) is 0 Å². The summed E-state index contributed by atoms with van der Waals surface area (Å²) >= 11 is 16.1. The number of nitrogens with zero attached hydrogens (tertiary/aromatic N) is 5. The molecule has 427 valence electrons. The van der Waals surface area contributed by atoms with Gasteiger partial charge in [0.15, 0.2) is 18.0 Å². The molecule has 5 aromatic rings. The molecule has 8 rings (SSSR count). The first-order valence-electron chi connectivity index (χ1n) is 22.3. The second-order valence-corrected chi connectivity index (χ2v) is 21.5. The van der Waals surface area contributed by atoms with E-state index in [9.17, 15) is 29.2 Å². The van der Waals surface area contributed by atoms with Crippen molar-refractivity contribution < 1.29 is 58.7 Å². The maximum absolute atomic E-state index is 11.7. The van der Waals surface area contributed by atoms with Gasteiger partial charge < -0.3 is 45.0 Å². The second kappa shape index (κ2) is 36.5. The number of carbonyl (C=O) groups is 5. The Morgan fingerprint density at radius 3 is 1.51 bits per heavy atom. The Morgan fingerprint density at radius 2 is 1.16 bits per heavy atom. The number of dihydropyridines is 1. The summed E-state index contributed by atoms with van der Waals surface area (Å²) in [6.07, 6.45) is 16.9. The number of nitrogens with one attached hydrogen (secondary N) is 3. The number of likely N-dealkylation sites (N-methyl/N-ethyl adjacent to an activating group) is 2. The quantitative estimate of drug-likeness (QED) is 0.0296. The van der Waals surface area contributed by atoms with Crippen molar-refractivity contribution in [3.8, 4) is 0 Å². The fourth-order valence-electron chi connectivity index (χ4n) is 5.55. The van der Waals surface area contributed by atoms with Crippen molar-refractivity contribution in [2.45, 2.75) is 92.6 Å². The number of amides is 2. The normalized spacial score (nSPS) is 14.4. The highest BCUT2D eigenvalue weighted by molar-refractivity contribution is 9.12. The highest BCUT2D eigenvalue weighted by Gasteiger charge is 2.51. The lowest BCUT2D eigenvalue weighted by Crippen LogP contribution is -2.43. The number of carbonyl (C=O) groups excluding carboxylic acids is 4. The number of allylic oxidation sites excluding steroid dienone is 3. The number of halogens is 6. The van der Waals surface area contributed by atoms with Crippen molar-refractivity contribution >= 4 is 130 Å². The van der Waals surface area contributed by atoms with Gasteiger partial charge in [-0.3, -0.25) is 39.0 Å². The maximum atomic E-state index is 11.7. The Kier molecular flexibility index (Phi) is 34.9. The van der Waals surface area contributed by atoms with Gasteiger partial charge in [-0.15, -0.1) is 0 Å². The maximum Gasteiger partial charge on any atom is 0.496 e. The molecule has 2 saturated heterocycles. The van der Waals surface area contributed by atoms with E-state index in [-0.39, 0.29) is 70.8 Å². The molecule has 0 saturated carbocycles. The van der Waals surface area contributed by atoms with Gasteiger partial charge in [-0.2, -0.15) is 4.73 Å². The van der Waals surface area contributed by atoms with Gasteiger partial charge in [-0.1, -0.05) is 20.9 Å². The number of hydrogen-bond acceptors (Lipinski definition) is 15. The molecule has 0 aliphatic carbocycles. The first-order valence-corrected chi connectivity index (χ1v) is 26.2. The molecule has 3 aliphatic heterocycles. The van der Waals surface area contributed by atoms with Crippen molar-refractivity contribution in [1.29, 1.82) is 0 Å². The summed E-state index contributed by atoms with van der Waals surface area (Å²) in [5.41, 5.74) is 2.44. The van der Waals surface area contributed by atoms with Crippen LogP contribution in [0.15, 0.2) is 156 Å². The first-order chi connectivity index (χ1) is 35.2.